The largest absolute Gasteiger partial charge is 0.387 e. The van der Waals surface area contributed by atoms with Crippen LogP contribution in [0, 0.1) is 0 Å². The lowest BCUT2D eigenvalue weighted by molar-refractivity contribution is -0.231. The predicted molar refractivity (Wildman–Crippen MR) is 81.5 cm³/mol. The van der Waals surface area contributed by atoms with Gasteiger partial charge >= 0.3 is 6.03 Å². The Morgan fingerprint density at radius 1 is 1.33 bits per heavy atom. The number of halogens is 1. The zero-order valence-electron chi connectivity index (χ0n) is 11.6. The van der Waals surface area contributed by atoms with Crippen LogP contribution in [0.2, 0.25) is 5.02 Å². The molecule has 2 fully saturated rings. The zero-order chi connectivity index (χ0) is 15.1. The summed E-state index contributed by atoms with van der Waals surface area (Å²) in [6.45, 7) is 0.384. The maximum Gasteiger partial charge on any atom is 0.315 e. The molecule has 1 aromatic rings. The third kappa shape index (κ3) is 2.77. The SMILES string of the molecule is O=C(NCc1cscc1Cl)NC1CC(O)(C2(O)CCC2)C1. The highest BCUT2D eigenvalue weighted by molar-refractivity contribution is 7.08. The zero-order valence-corrected chi connectivity index (χ0v) is 13.1. The fraction of sp³-hybridized carbons (Fsp3) is 0.643. The number of hydrogen-bond donors (Lipinski definition) is 4. The molecule has 0 radical (unpaired) electrons. The maximum atomic E-state index is 11.8. The summed E-state index contributed by atoms with van der Waals surface area (Å²) in [6, 6.07) is -0.359. The van der Waals surface area contributed by atoms with Gasteiger partial charge in [-0.1, -0.05) is 11.6 Å². The Kier molecular flexibility index (Phi) is 3.90. The molecule has 21 heavy (non-hydrogen) atoms. The summed E-state index contributed by atoms with van der Waals surface area (Å²) >= 11 is 7.45. The van der Waals surface area contributed by atoms with E-state index in [4.69, 9.17) is 11.6 Å². The molecule has 5 nitrogen and oxygen atoms in total. The number of rotatable bonds is 4. The van der Waals surface area contributed by atoms with Gasteiger partial charge in [-0.05, 0) is 37.5 Å². The Bertz CT molecular complexity index is 538. The summed E-state index contributed by atoms with van der Waals surface area (Å²) in [7, 11) is 0. The van der Waals surface area contributed by atoms with Gasteiger partial charge in [0.15, 0.2) is 0 Å². The lowest BCUT2D eigenvalue weighted by Crippen LogP contribution is -2.69. The molecule has 7 heteroatoms. The minimum atomic E-state index is -1.03. The van der Waals surface area contributed by atoms with E-state index in [2.05, 4.69) is 10.6 Å². The van der Waals surface area contributed by atoms with Crippen molar-refractivity contribution >= 4 is 29.0 Å². The van der Waals surface area contributed by atoms with Crippen molar-refractivity contribution in [1.82, 2.24) is 10.6 Å². The number of urea groups is 1. The number of thiophene rings is 1. The first-order valence-corrected chi connectivity index (χ1v) is 8.44. The molecule has 0 unspecified atom stereocenters. The van der Waals surface area contributed by atoms with Gasteiger partial charge < -0.3 is 20.8 Å². The molecule has 2 aliphatic carbocycles. The van der Waals surface area contributed by atoms with Crippen LogP contribution in [0.5, 0.6) is 0 Å². The van der Waals surface area contributed by atoms with Gasteiger partial charge in [-0.15, -0.1) is 0 Å². The Labute approximate surface area is 132 Å². The molecule has 2 saturated carbocycles. The molecule has 4 N–H and O–H groups in total. The van der Waals surface area contributed by atoms with Crippen molar-refractivity contribution in [1.29, 1.82) is 0 Å². The standard InChI is InChI=1S/C14H19ClN2O3S/c15-11-8-21-7-9(11)6-16-12(18)17-10-4-14(20,5-10)13(19)2-1-3-13/h7-8,10,19-20H,1-6H2,(H2,16,17,18). The second-order valence-corrected chi connectivity index (χ2v) is 7.24. The summed E-state index contributed by atoms with van der Waals surface area (Å²) in [6.07, 6.45) is 3.09. The topological polar surface area (TPSA) is 81.6 Å². The van der Waals surface area contributed by atoms with E-state index >= 15 is 0 Å². The van der Waals surface area contributed by atoms with E-state index in [9.17, 15) is 15.0 Å². The Morgan fingerprint density at radius 2 is 2.05 bits per heavy atom. The van der Waals surface area contributed by atoms with E-state index < -0.39 is 11.2 Å². The van der Waals surface area contributed by atoms with Crippen LogP contribution in [-0.2, 0) is 6.54 Å². The third-order valence-electron chi connectivity index (χ3n) is 4.68. The molecule has 0 spiro atoms. The van der Waals surface area contributed by atoms with Crippen molar-refractivity contribution in [2.24, 2.45) is 0 Å². The molecule has 3 rings (SSSR count). The summed E-state index contributed by atoms with van der Waals surface area (Å²) in [5.41, 5.74) is -1.07. The lowest BCUT2D eigenvalue weighted by atomic mass is 9.58. The van der Waals surface area contributed by atoms with Crippen LogP contribution in [-0.4, -0.2) is 33.5 Å². The first-order chi connectivity index (χ1) is 9.92. The van der Waals surface area contributed by atoms with Crippen LogP contribution < -0.4 is 10.6 Å². The third-order valence-corrected chi connectivity index (χ3v) is 5.95. The van der Waals surface area contributed by atoms with Crippen molar-refractivity contribution in [2.45, 2.75) is 55.9 Å². The van der Waals surface area contributed by atoms with Gasteiger partial charge in [0.1, 0.15) is 0 Å². The highest BCUT2D eigenvalue weighted by Crippen LogP contribution is 2.50. The molecular formula is C14H19ClN2O3S. The predicted octanol–water partition coefficient (Wildman–Crippen LogP) is 2.01. The van der Waals surface area contributed by atoms with E-state index in [1.54, 1.807) is 0 Å². The van der Waals surface area contributed by atoms with Gasteiger partial charge in [0.05, 0.1) is 16.2 Å². The smallest absolute Gasteiger partial charge is 0.315 e. The number of aliphatic hydroxyl groups is 2. The number of nitrogens with one attached hydrogen (secondary N) is 2. The maximum absolute atomic E-state index is 11.8. The van der Waals surface area contributed by atoms with Gasteiger partial charge in [0.2, 0.25) is 0 Å². The number of amides is 2. The molecule has 116 valence electrons. The van der Waals surface area contributed by atoms with E-state index in [0.29, 0.717) is 37.3 Å². The fourth-order valence-electron chi connectivity index (χ4n) is 3.06. The molecule has 2 aliphatic rings. The lowest BCUT2D eigenvalue weighted by Gasteiger charge is -2.57. The van der Waals surface area contributed by atoms with Crippen LogP contribution in [0.4, 0.5) is 4.79 Å². The summed E-state index contributed by atoms with van der Waals surface area (Å²) in [4.78, 5) is 11.8. The molecule has 1 heterocycles. The molecule has 0 atom stereocenters. The van der Waals surface area contributed by atoms with E-state index in [-0.39, 0.29) is 12.1 Å². The van der Waals surface area contributed by atoms with Crippen molar-refractivity contribution in [2.75, 3.05) is 0 Å². The number of carbonyl (C=O) groups excluding carboxylic acids is 1. The van der Waals surface area contributed by atoms with Gasteiger partial charge in [-0.3, -0.25) is 0 Å². The second-order valence-electron chi connectivity index (χ2n) is 6.09. The van der Waals surface area contributed by atoms with Crippen molar-refractivity contribution in [3.63, 3.8) is 0 Å². The highest BCUT2D eigenvalue weighted by Gasteiger charge is 2.59. The van der Waals surface area contributed by atoms with Crippen molar-refractivity contribution in [3.05, 3.63) is 21.3 Å². The second kappa shape index (κ2) is 5.43. The molecule has 1 aromatic heterocycles. The Balaban J connectivity index is 1.42. The van der Waals surface area contributed by atoms with Gasteiger partial charge in [-0.25, -0.2) is 4.79 Å². The molecule has 0 aromatic carbocycles. The molecular weight excluding hydrogens is 312 g/mol. The minimum Gasteiger partial charge on any atom is -0.387 e. The fourth-order valence-corrected chi connectivity index (χ4v) is 4.11. The summed E-state index contributed by atoms with van der Waals surface area (Å²) in [5.74, 6) is 0. The normalized spacial score (nSPS) is 30.1. The molecule has 2 amide bonds. The Morgan fingerprint density at radius 3 is 2.57 bits per heavy atom. The summed E-state index contributed by atoms with van der Waals surface area (Å²) < 4.78 is 0. The first-order valence-electron chi connectivity index (χ1n) is 7.12. The summed E-state index contributed by atoms with van der Waals surface area (Å²) in [5, 5.41) is 30.5. The van der Waals surface area contributed by atoms with E-state index in [1.807, 2.05) is 10.8 Å². The van der Waals surface area contributed by atoms with Crippen LogP contribution in [0.25, 0.3) is 0 Å². The van der Waals surface area contributed by atoms with Crippen LogP contribution in [0.15, 0.2) is 10.8 Å². The van der Waals surface area contributed by atoms with Gasteiger partial charge in [0.25, 0.3) is 0 Å². The average Bonchev–Trinajstić information content (AvgIpc) is 2.77. The first kappa shape index (κ1) is 15.1. The number of hydrogen-bond acceptors (Lipinski definition) is 4. The minimum absolute atomic E-state index is 0.0856. The van der Waals surface area contributed by atoms with Crippen molar-refractivity contribution in [3.8, 4) is 0 Å². The monoisotopic (exact) mass is 330 g/mol. The van der Waals surface area contributed by atoms with Crippen molar-refractivity contribution < 1.29 is 15.0 Å². The molecule has 0 aliphatic heterocycles. The quantitative estimate of drug-likeness (QED) is 0.681. The van der Waals surface area contributed by atoms with Crippen LogP contribution >= 0.6 is 22.9 Å². The number of carbonyl (C=O) groups is 1. The van der Waals surface area contributed by atoms with Crippen LogP contribution in [0.3, 0.4) is 0 Å². The Hall–Kier alpha value is -0.820. The van der Waals surface area contributed by atoms with Gasteiger partial charge in [-0.2, -0.15) is 11.3 Å². The average molecular weight is 331 g/mol. The van der Waals surface area contributed by atoms with Crippen LogP contribution in [0.1, 0.15) is 37.7 Å². The molecule has 0 bridgehead atoms. The van der Waals surface area contributed by atoms with E-state index in [1.165, 1.54) is 11.3 Å². The molecule has 0 saturated heterocycles. The highest BCUT2D eigenvalue weighted by atomic mass is 35.5. The van der Waals surface area contributed by atoms with E-state index in [0.717, 1.165) is 12.0 Å². The van der Waals surface area contributed by atoms with Gasteiger partial charge in [0, 0.05) is 23.5 Å².